The Morgan fingerprint density at radius 3 is 2.30 bits per heavy atom. The van der Waals surface area contributed by atoms with Crippen molar-refractivity contribution >= 4 is 22.0 Å². The lowest BCUT2D eigenvalue weighted by molar-refractivity contribution is 0.241. The van der Waals surface area contributed by atoms with E-state index < -0.39 is 10.0 Å². The Balaban J connectivity index is 1.31. The second kappa shape index (κ2) is 10.9. The SMILES string of the molecule is O=C(NCCCc1ccccc1)NCCS(=O)(=O)N1CCN(c2ncccn2)CC1. The molecule has 1 saturated heterocycles. The molecule has 10 heteroatoms. The van der Waals surface area contributed by atoms with Gasteiger partial charge in [0.15, 0.2) is 0 Å². The van der Waals surface area contributed by atoms with Gasteiger partial charge in [-0.3, -0.25) is 0 Å². The molecule has 2 aromatic rings. The lowest BCUT2D eigenvalue weighted by Crippen LogP contribution is -2.50. The Morgan fingerprint density at radius 1 is 0.933 bits per heavy atom. The zero-order valence-corrected chi connectivity index (χ0v) is 17.7. The maximum absolute atomic E-state index is 12.5. The van der Waals surface area contributed by atoms with Crippen molar-refractivity contribution < 1.29 is 13.2 Å². The van der Waals surface area contributed by atoms with E-state index in [-0.39, 0.29) is 18.3 Å². The van der Waals surface area contributed by atoms with Gasteiger partial charge in [-0.05, 0) is 24.5 Å². The summed E-state index contributed by atoms with van der Waals surface area (Å²) in [6, 6.07) is 11.5. The van der Waals surface area contributed by atoms with Gasteiger partial charge in [-0.25, -0.2) is 23.2 Å². The Bertz CT molecular complexity index is 887. The van der Waals surface area contributed by atoms with Gasteiger partial charge in [0.05, 0.1) is 5.75 Å². The summed E-state index contributed by atoms with van der Waals surface area (Å²) in [5, 5.41) is 5.39. The predicted molar refractivity (Wildman–Crippen MR) is 116 cm³/mol. The number of benzene rings is 1. The molecule has 2 heterocycles. The van der Waals surface area contributed by atoms with Crippen LogP contribution in [0, 0.1) is 0 Å². The molecule has 9 nitrogen and oxygen atoms in total. The molecule has 0 bridgehead atoms. The van der Waals surface area contributed by atoms with Gasteiger partial charge in [0.1, 0.15) is 0 Å². The maximum Gasteiger partial charge on any atom is 0.314 e. The molecule has 0 saturated carbocycles. The molecule has 1 aliphatic rings. The first-order valence-corrected chi connectivity index (χ1v) is 11.7. The van der Waals surface area contributed by atoms with Crippen LogP contribution in [0.25, 0.3) is 0 Å². The summed E-state index contributed by atoms with van der Waals surface area (Å²) in [4.78, 5) is 22.2. The molecular formula is C20H28N6O3S. The molecule has 1 aromatic carbocycles. The van der Waals surface area contributed by atoms with Gasteiger partial charge in [-0.2, -0.15) is 4.31 Å². The minimum atomic E-state index is -3.42. The van der Waals surface area contributed by atoms with E-state index in [0.29, 0.717) is 38.7 Å². The van der Waals surface area contributed by atoms with Crippen LogP contribution in [-0.4, -0.2) is 73.7 Å². The molecule has 2 amide bonds. The molecular weight excluding hydrogens is 404 g/mol. The largest absolute Gasteiger partial charge is 0.338 e. The molecule has 0 radical (unpaired) electrons. The van der Waals surface area contributed by atoms with Gasteiger partial charge in [0.25, 0.3) is 0 Å². The minimum absolute atomic E-state index is 0.0782. The van der Waals surface area contributed by atoms with E-state index in [9.17, 15) is 13.2 Å². The van der Waals surface area contributed by atoms with Crippen LogP contribution in [0.2, 0.25) is 0 Å². The Labute approximate surface area is 177 Å². The van der Waals surface area contributed by atoms with Crippen LogP contribution >= 0.6 is 0 Å². The number of hydrogen-bond donors (Lipinski definition) is 2. The fourth-order valence-corrected chi connectivity index (χ4v) is 4.58. The number of piperazine rings is 1. The van der Waals surface area contributed by atoms with E-state index >= 15 is 0 Å². The van der Waals surface area contributed by atoms with Gasteiger partial charge in [-0.15, -0.1) is 0 Å². The summed E-state index contributed by atoms with van der Waals surface area (Å²) >= 11 is 0. The highest BCUT2D eigenvalue weighted by atomic mass is 32.2. The molecule has 0 unspecified atom stereocenters. The van der Waals surface area contributed by atoms with Crippen molar-refractivity contribution in [1.29, 1.82) is 0 Å². The summed E-state index contributed by atoms with van der Waals surface area (Å²) in [6.07, 6.45) is 5.05. The van der Waals surface area contributed by atoms with Crippen LogP contribution in [0.1, 0.15) is 12.0 Å². The number of sulfonamides is 1. The molecule has 1 aliphatic heterocycles. The highest BCUT2D eigenvalue weighted by Crippen LogP contribution is 2.12. The van der Waals surface area contributed by atoms with Gasteiger partial charge < -0.3 is 15.5 Å². The fourth-order valence-electron chi connectivity index (χ4n) is 3.25. The number of urea groups is 1. The zero-order chi connectivity index (χ0) is 21.2. The van der Waals surface area contributed by atoms with Crippen molar-refractivity contribution in [3.8, 4) is 0 Å². The number of carbonyl (C=O) groups excluding carboxylic acids is 1. The first-order valence-electron chi connectivity index (χ1n) is 10.1. The third kappa shape index (κ3) is 6.67. The standard InChI is InChI=1S/C20H28N6O3S/c27-20(23-9-4-8-18-6-2-1-3-7-18)24-12-17-30(28,29)26-15-13-25(14-16-26)19-21-10-5-11-22-19/h1-3,5-7,10-11H,4,8-9,12-17H2,(H2,23,24,27). The summed E-state index contributed by atoms with van der Waals surface area (Å²) in [5.41, 5.74) is 1.23. The first-order chi connectivity index (χ1) is 14.5. The minimum Gasteiger partial charge on any atom is -0.338 e. The fraction of sp³-hybridized carbons (Fsp3) is 0.450. The van der Waals surface area contributed by atoms with E-state index in [0.717, 1.165) is 12.8 Å². The second-order valence-electron chi connectivity index (χ2n) is 7.02. The smallest absolute Gasteiger partial charge is 0.314 e. The molecule has 30 heavy (non-hydrogen) atoms. The van der Waals surface area contributed by atoms with Crippen molar-refractivity contribution in [1.82, 2.24) is 24.9 Å². The molecule has 1 aromatic heterocycles. The molecule has 0 spiro atoms. The number of nitrogens with zero attached hydrogens (tertiary/aromatic N) is 4. The number of carbonyl (C=O) groups is 1. The number of nitrogens with one attached hydrogen (secondary N) is 2. The van der Waals surface area contributed by atoms with Crippen LogP contribution < -0.4 is 15.5 Å². The van der Waals surface area contributed by atoms with E-state index in [1.165, 1.54) is 9.87 Å². The van der Waals surface area contributed by atoms with Crippen molar-refractivity contribution in [2.24, 2.45) is 0 Å². The van der Waals surface area contributed by atoms with Crippen LogP contribution in [0.4, 0.5) is 10.7 Å². The van der Waals surface area contributed by atoms with Gasteiger partial charge in [-0.1, -0.05) is 30.3 Å². The Morgan fingerprint density at radius 2 is 1.60 bits per heavy atom. The average Bonchev–Trinajstić information content (AvgIpc) is 2.78. The number of anilines is 1. The monoisotopic (exact) mass is 432 g/mol. The molecule has 0 aliphatic carbocycles. The summed E-state index contributed by atoms with van der Waals surface area (Å²) < 4.78 is 26.5. The summed E-state index contributed by atoms with van der Waals surface area (Å²) in [7, 11) is -3.42. The average molecular weight is 433 g/mol. The third-order valence-corrected chi connectivity index (χ3v) is 6.76. The normalized spacial score (nSPS) is 15.0. The van der Waals surface area contributed by atoms with Gasteiger partial charge in [0, 0.05) is 51.7 Å². The number of hydrogen-bond acceptors (Lipinski definition) is 6. The lowest BCUT2D eigenvalue weighted by atomic mass is 10.1. The van der Waals surface area contributed by atoms with Crippen molar-refractivity contribution in [3.05, 3.63) is 54.4 Å². The first kappa shape index (κ1) is 22.0. The topological polar surface area (TPSA) is 108 Å². The van der Waals surface area contributed by atoms with E-state index in [1.54, 1.807) is 18.5 Å². The van der Waals surface area contributed by atoms with Crippen LogP contribution in [0.15, 0.2) is 48.8 Å². The van der Waals surface area contributed by atoms with Crippen LogP contribution in [0.5, 0.6) is 0 Å². The molecule has 162 valence electrons. The maximum atomic E-state index is 12.5. The molecule has 3 rings (SSSR count). The number of rotatable bonds is 9. The highest BCUT2D eigenvalue weighted by molar-refractivity contribution is 7.89. The Kier molecular flexibility index (Phi) is 7.97. The van der Waals surface area contributed by atoms with Crippen molar-refractivity contribution in [2.45, 2.75) is 12.8 Å². The summed E-state index contributed by atoms with van der Waals surface area (Å²) in [5.74, 6) is 0.492. The molecule has 0 atom stereocenters. The second-order valence-corrected chi connectivity index (χ2v) is 9.11. The van der Waals surface area contributed by atoms with Gasteiger partial charge >= 0.3 is 6.03 Å². The molecule has 1 fully saturated rings. The third-order valence-electron chi connectivity index (χ3n) is 4.88. The quantitative estimate of drug-likeness (QED) is 0.569. The van der Waals surface area contributed by atoms with E-state index in [4.69, 9.17) is 0 Å². The highest BCUT2D eigenvalue weighted by Gasteiger charge is 2.27. The van der Waals surface area contributed by atoms with Gasteiger partial charge in [0.2, 0.25) is 16.0 Å². The van der Waals surface area contributed by atoms with Crippen molar-refractivity contribution in [3.63, 3.8) is 0 Å². The number of aromatic nitrogens is 2. The lowest BCUT2D eigenvalue weighted by Gasteiger charge is -2.33. The number of amides is 2. The zero-order valence-electron chi connectivity index (χ0n) is 16.9. The van der Waals surface area contributed by atoms with Crippen LogP contribution in [-0.2, 0) is 16.4 Å². The van der Waals surface area contributed by atoms with Crippen LogP contribution in [0.3, 0.4) is 0 Å². The van der Waals surface area contributed by atoms with E-state index in [2.05, 4.69) is 32.7 Å². The predicted octanol–water partition coefficient (Wildman–Crippen LogP) is 0.860. The molecule has 2 N–H and O–H groups in total. The van der Waals surface area contributed by atoms with Crippen molar-refractivity contribution in [2.75, 3.05) is 49.9 Å². The van der Waals surface area contributed by atoms with E-state index in [1.807, 2.05) is 23.1 Å². The number of aryl methyl sites for hydroxylation is 1. The Hall–Kier alpha value is -2.72. The summed E-state index contributed by atoms with van der Waals surface area (Å²) in [6.45, 7) is 2.46.